The highest BCUT2D eigenvalue weighted by Gasteiger charge is 2.29. The standard InChI is InChI=1S/C18H24N4O4/c1-20-10-7-19-18(20)17(23)13-5-8-21(9-6-13)16-4-3-15(22(24)25)11-14(16)12-26-2/h3-4,7,10-11,13,17,23H,5-6,8-9,12H2,1-2H3. The van der Waals surface area contributed by atoms with E-state index in [2.05, 4.69) is 9.88 Å². The molecule has 1 saturated heterocycles. The van der Waals surface area contributed by atoms with Gasteiger partial charge in [0, 0.05) is 63.0 Å². The van der Waals surface area contributed by atoms with Crippen LogP contribution in [0.15, 0.2) is 30.6 Å². The number of methoxy groups -OCH3 is 1. The molecule has 8 nitrogen and oxygen atoms in total. The van der Waals surface area contributed by atoms with Gasteiger partial charge in [-0.1, -0.05) is 0 Å². The Morgan fingerprint density at radius 1 is 1.42 bits per heavy atom. The highest BCUT2D eigenvalue weighted by molar-refractivity contribution is 5.58. The van der Waals surface area contributed by atoms with Crippen LogP contribution in [0.3, 0.4) is 0 Å². The predicted octanol–water partition coefficient (Wildman–Crippen LogP) is 2.42. The second kappa shape index (κ2) is 7.84. The molecule has 1 atom stereocenters. The number of benzene rings is 1. The van der Waals surface area contributed by atoms with E-state index in [0.29, 0.717) is 12.4 Å². The number of imidazole rings is 1. The third-order valence-electron chi connectivity index (χ3n) is 5.02. The molecule has 26 heavy (non-hydrogen) atoms. The molecule has 140 valence electrons. The molecule has 0 bridgehead atoms. The molecular weight excluding hydrogens is 336 g/mol. The summed E-state index contributed by atoms with van der Waals surface area (Å²) in [7, 11) is 3.46. The highest BCUT2D eigenvalue weighted by Crippen LogP contribution is 2.34. The predicted molar refractivity (Wildman–Crippen MR) is 96.9 cm³/mol. The van der Waals surface area contributed by atoms with Gasteiger partial charge in [-0.05, 0) is 24.8 Å². The van der Waals surface area contributed by atoms with E-state index in [4.69, 9.17) is 4.74 Å². The number of hydrogen-bond acceptors (Lipinski definition) is 6. The number of aliphatic hydroxyl groups is 1. The number of rotatable bonds is 6. The van der Waals surface area contributed by atoms with Crippen molar-refractivity contribution in [2.75, 3.05) is 25.1 Å². The van der Waals surface area contributed by atoms with Crippen LogP contribution in [0.25, 0.3) is 0 Å². The van der Waals surface area contributed by atoms with E-state index in [1.54, 1.807) is 25.4 Å². The molecule has 1 aromatic carbocycles. The first-order chi connectivity index (χ1) is 12.5. The fourth-order valence-corrected chi connectivity index (χ4v) is 3.59. The van der Waals surface area contributed by atoms with Crippen molar-refractivity contribution in [3.05, 3.63) is 52.1 Å². The molecule has 1 N–H and O–H groups in total. The van der Waals surface area contributed by atoms with Gasteiger partial charge < -0.3 is 19.3 Å². The minimum absolute atomic E-state index is 0.0703. The SMILES string of the molecule is COCc1cc([N+](=O)[O-])ccc1N1CCC(C(O)c2nccn2C)CC1. The van der Waals surface area contributed by atoms with Crippen LogP contribution in [-0.4, -0.2) is 39.8 Å². The van der Waals surface area contributed by atoms with Crippen LogP contribution >= 0.6 is 0 Å². The lowest BCUT2D eigenvalue weighted by Crippen LogP contribution is -2.36. The van der Waals surface area contributed by atoms with Gasteiger partial charge in [0.05, 0.1) is 11.5 Å². The summed E-state index contributed by atoms with van der Waals surface area (Å²) in [5.41, 5.74) is 1.84. The van der Waals surface area contributed by atoms with Crippen molar-refractivity contribution >= 4 is 11.4 Å². The fraction of sp³-hybridized carbons (Fsp3) is 0.500. The summed E-state index contributed by atoms with van der Waals surface area (Å²) in [5.74, 6) is 0.843. The van der Waals surface area contributed by atoms with E-state index in [-0.39, 0.29) is 11.6 Å². The molecule has 3 rings (SSSR count). The molecule has 1 aromatic heterocycles. The average Bonchev–Trinajstić information content (AvgIpc) is 3.07. The number of hydrogen-bond donors (Lipinski definition) is 1. The van der Waals surface area contributed by atoms with E-state index >= 15 is 0 Å². The summed E-state index contributed by atoms with van der Waals surface area (Å²) >= 11 is 0. The molecule has 2 aromatic rings. The molecule has 2 heterocycles. The Labute approximate surface area is 152 Å². The van der Waals surface area contributed by atoms with Crippen molar-refractivity contribution in [3.8, 4) is 0 Å². The summed E-state index contributed by atoms with van der Waals surface area (Å²) in [5, 5.41) is 21.6. The zero-order valence-electron chi connectivity index (χ0n) is 15.0. The Morgan fingerprint density at radius 3 is 2.73 bits per heavy atom. The molecule has 0 amide bonds. The summed E-state index contributed by atoms with van der Waals surface area (Å²) in [6.07, 6.45) is 4.62. The van der Waals surface area contributed by atoms with Crippen molar-refractivity contribution in [1.29, 1.82) is 0 Å². The number of aliphatic hydroxyl groups excluding tert-OH is 1. The fourth-order valence-electron chi connectivity index (χ4n) is 3.59. The van der Waals surface area contributed by atoms with Crippen LogP contribution in [-0.2, 0) is 18.4 Å². The van der Waals surface area contributed by atoms with Crippen LogP contribution in [0.2, 0.25) is 0 Å². The van der Waals surface area contributed by atoms with E-state index in [1.165, 1.54) is 6.07 Å². The monoisotopic (exact) mass is 360 g/mol. The van der Waals surface area contributed by atoms with Gasteiger partial charge in [-0.3, -0.25) is 10.1 Å². The Kier molecular flexibility index (Phi) is 5.53. The molecule has 1 fully saturated rings. The molecule has 0 aliphatic carbocycles. The number of anilines is 1. The number of ether oxygens (including phenoxy) is 1. The summed E-state index contributed by atoms with van der Waals surface area (Å²) in [6.45, 7) is 1.88. The number of aryl methyl sites for hydroxylation is 1. The molecule has 8 heteroatoms. The van der Waals surface area contributed by atoms with Crippen molar-refractivity contribution < 1.29 is 14.8 Å². The lowest BCUT2D eigenvalue weighted by Gasteiger charge is -2.36. The quantitative estimate of drug-likeness (QED) is 0.628. The van der Waals surface area contributed by atoms with Gasteiger partial charge >= 0.3 is 0 Å². The second-order valence-corrected chi connectivity index (χ2v) is 6.67. The van der Waals surface area contributed by atoms with Crippen molar-refractivity contribution in [1.82, 2.24) is 9.55 Å². The molecule has 1 unspecified atom stereocenters. The molecule has 0 saturated carbocycles. The van der Waals surface area contributed by atoms with Crippen LogP contribution in [0, 0.1) is 16.0 Å². The lowest BCUT2D eigenvalue weighted by atomic mass is 9.90. The number of nitrogens with zero attached hydrogens (tertiary/aromatic N) is 4. The zero-order chi connectivity index (χ0) is 18.7. The largest absolute Gasteiger partial charge is 0.385 e. The zero-order valence-corrected chi connectivity index (χ0v) is 15.0. The first kappa shape index (κ1) is 18.3. The van der Waals surface area contributed by atoms with Gasteiger partial charge in [-0.25, -0.2) is 4.98 Å². The maximum atomic E-state index is 11.0. The number of non-ortho nitro benzene ring substituents is 1. The lowest BCUT2D eigenvalue weighted by molar-refractivity contribution is -0.384. The number of nitro groups is 1. The Morgan fingerprint density at radius 2 is 2.15 bits per heavy atom. The Bertz CT molecular complexity index is 768. The number of nitro benzene ring substituents is 1. The molecule has 0 radical (unpaired) electrons. The van der Waals surface area contributed by atoms with Crippen LogP contribution in [0.1, 0.15) is 30.3 Å². The van der Waals surface area contributed by atoms with E-state index in [1.807, 2.05) is 17.8 Å². The smallest absolute Gasteiger partial charge is 0.269 e. The van der Waals surface area contributed by atoms with E-state index in [0.717, 1.165) is 37.2 Å². The minimum Gasteiger partial charge on any atom is -0.385 e. The highest BCUT2D eigenvalue weighted by atomic mass is 16.6. The van der Waals surface area contributed by atoms with Crippen molar-refractivity contribution in [3.63, 3.8) is 0 Å². The van der Waals surface area contributed by atoms with Crippen LogP contribution in [0.5, 0.6) is 0 Å². The Balaban J connectivity index is 1.71. The third kappa shape index (κ3) is 3.71. The average molecular weight is 360 g/mol. The van der Waals surface area contributed by atoms with Crippen LogP contribution in [0.4, 0.5) is 11.4 Å². The number of aromatic nitrogens is 2. The minimum atomic E-state index is -0.576. The topological polar surface area (TPSA) is 93.7 Å². The Hall–Kier alpha value is -2.45. The summed E-state index contributed by atoms with van der Waals surface area (Å²) in [4.78, 5) is 17.1. The van der Waals surface area contributed by atoms with Crippen molar-refractivity contribution in [2.24, 2.45) is 13.0 Å². The molecule has 1 aliphatic rings. The summed E-state index contributed by atoms with van der Waals surface area (Å²) < 4.78 is 7.07. The van der Waals surface area contributed by atoms with Gasteiger partial charge in [-0.15, -0.1) is 0 Å². The van der Waals surface area contributed by atoms with Gasteiger partial charge in [0.2, 0.25) is 0 Å². The summed E-state index contributed by atoms with van der Waals surface area (Å²) in [6, 6.07) is 4.90. The van der Waals surface area contributed by atoms with Gasteiger partial charge in [-0.2, -0.15) is 0 Å². The normalized spacial score (nSPS) is 16.7. The van der Waals surface area contributed by atoms with Gasteiger partial charge in [0.1, 0.15) is 11.9 Å². The van der Waals surface area contributed by atoms with E-state index in [9.17, 15) is 15.2 Å². The van der Waals surface area contributed by atoms with Gasteiger partial charge in [0.15, 0.2) is 0 Å². The molecule has 0 spiro atoms. The van der Waals surface area contributed by atoms with Gasteiger partial charge in [0.25, 0.3) is 5.69 Å². The second-order valence-electron chi connectivity index (χ2n) is 6.67. The first-order valence-electron chi connectivity index (χ1n) is 8.67. The first-order valence-corrected chi connectivity index (χ1v) is 8.67. The van der Waals surface area contributed by atoms with E-state index < -0.39 is 11.0 Å². The maximum Gasteiger partial charge on any atom is 0.269 e. The molecule has 1 aliphatic heterocycles. The molecular formula is C18H24N4O4. The van der Waals surface area contributed by atoms with Crippen LogP contribution < -0.4 is 4.90 Å². The number of piperidine rings is 1. The third-order valence-corrected chi connectivity index (χ3v) is 5.02. The maximum absolute atomic E-state index is 11.0. The van der Waals surface area contributed by atoms with Crippen molar-refractivity contribution in [2.45, 2.75) is 25.6 Å².